The molecule has 1 N–H and O–H groups in total. The molecule has 0 unspecified atom stereocenters. The van der Waals surface area contributed by atoms with Gasteiger partial charge in [-0.2, -0.15) is 10.2 Å². The zero-order valence-electron chi connectivity index (χ0n) is 14.4. The summed E-state index contributed by atoms with van der Waals surface area (Å²) in [4.78, 5) is 4.53. The third-order valence-corrected chi connectivity index (χ3v) is 4.56. The average Bonchev–Trinajstić information content (AvgIpc) is 3.14. The Balaban J connectivity index is 1.61. The van der Waals surface area contributed by atoms with Gasteiger partial charge in [0, 0.05) is 7.05 Å². The highest BCUT2D eigenvalue weighted by Crippen LogP contribution is 2.22. The molecule has 0 saturated heterocycles. The number of nitrogens with zero attached hydrogens (tertiary/aromatic N) is 5. The fourth-order valence-corrected chi connectivity index (χ4v) is 3.12. The maximum absolute atomic E-state index is 6.50. The first kappa shape index (κ1) is 16.4. The van der Waals surface area contributed by atoms with Crippen LogP contribution in [-0.4, -0.2) is 25.5 Å². The van der Waals surface area contributed by atoms with Crippen molar-refractivity contribution in [3.05, 3.63) is 71.0 Å². The summed E-state index contributed by atoms with van der Waals surface area (Å²) in [6, 6.07) is 17.7. The number of para-hydroxylation sites is 3. The number of rotatable bonds is 4. The second-order valence-corrected chi connectivity index (χ2v) is 6.25. The van der Waals surface area contributed by atoms with Crippen LogP contribution in [0, 0.1) is 6.92 Å². The molecule has 0 fully saturated rings. The predicted octanol–water partition coefficient (Wildman–Crippen LogP) is 4.17. The summed E-state index contributed by atoms with van der Waals surface area (Å²) in [7, 11) is 1.94. The summed E-state index contributed by atoms with van der Waals surface area (Å²) in [6.45, 7) is 1.90. The standard InChI is InChI=1S/C19H17ClN6/c1-13-15(18(20)26(24-13)14-8-4-3-5-9-14)12-21-23-19-22-16-10-6-7-11-17(16)25(19)2/h3-12H,1-2H3,(H,22,23)/b21-12+. The van der Waals surface area contributed by atoms with Gasteiger partial charge in [-0.25, -0.2) is 15.1 Å². The molecule has 0 radical (unpaired) electrons. The smallest absolute Gasteiger partial charge is 0.224 e. The second kappa shape index (κ2) is 6.65. The Labute approximate surface area is 155 Å². The minimum absolute atomic E-state index is 0.518. The van der Waals surface area contributed by atoms with Crippen molar-refractivity contribution in [2.24, 2.45) is 12.1 Å². The fourth-order valence-electron chi connectivity index (χ4n) is 2.80. The van der Waals surface area contributed by atoms with Crippen LogP contribution in [-0.2, 0) is 7.05 Å². The van der Waals surface area contributed by atoms with Crippen LogP contribution in [0.5, 0.6) is 0 Å². The number of hydrogen-bond acceptors (Lipinski definition) is 4. The summed E-state index contributed by atoms with van der Waals surface area (Å²) >= 11 is 6.50. The predicted molar refractivity (Wildman–Crippen MR) is 105 cm³/mol. The number of benzene rings is 2. The van der Waals surface area contributed by atoms with Gasteiger partial charge in [0.05, 0.1) is 34.2 Å². The number of aryl methyl sites for hydroxylation is 2. The molecule has 0 aliphatic rings. The number of fused-ring (bicyclic) bond motifs is 1. The van der Waals surface area contributed by atoms with Crippen LogP contribution < -0.4 is 5.43 Å². The maximum Gasteiger partial charge on any atom is 0.224 e. The molecule has 0 atom stereocenters. The molecule has 2 aromatic carbocycles. The van der Waals surface area contributed by atoms with Crippen molar-refractivity contribution in [1.29, 1.82) is 0 Å². The van der Waals surface area contributed by atoms with Gasteiger partial charge in [0.25, 0.3) is 0 Å². The Morgan fingerprint density at radius 2 is 1.81 bits per heavy atom. The third kappa shape index (κ3) is 2.84. The lowest BCUT2D eigenvalue weighted by molar-refractivity contribution is 0.863. The van der Waals surface area contributed by atoms with Crippen LogP contribution in [0.15, 0.2) is 59.7 Å². The van der Waals surface area contributed by atoms with Crippen LogP contribution in [0.4, 0.5) is 5.95 Å². The lowest BCUT2D eigenvalue weighted by atomic mass is 10.3. The minimum Gasteiger partial charge on any atom is -0.312 e. The molecule has 0 bridgehead atoms. The first-order valence-corrected chi connectivity index (χ1v) is 8.54. The van der Waals surface area contributed by atoms with Gasteiger partial charge in [-0.3, -0.25) is 0 Å². The zero-order chi connectivity index (χ0) is 18.1. The van der Waals surface area contributed by atoms with Crippen molar-refractivity contribution < 1.29 is 0 Å². The molecule has 0 spiro atoms. The van der Waals surface area contributed by atoms with Gasteiger partial charge in [0.2, 0.25) is 5.95 Å². The van der Waals surface area contributed by atoms with Crippen LogP contribution in [0.25, 0.3) is 16.7 Å². The average molecular weight is 365 g/mol. The first-order chi connectivity index (χ1) is 12.6. The van der Waals surface area contributed by atoms with Crippen molar-refractivity contribution in [2.75, 3.05) is 5.43 Å². The zero-order valence-corrected chi connectivity index (χ0v) is 15.1. The van der Waals surface area contributed by atoms with Crippen LogP contribution >= 0.6 is 11.6 Å². The Morgan fingerprint density at radius 1 is 1.08 bits per heavy atom. The Kier molecular flexibility index (Phi) is 4.18. The van der Waals surface area contributed by atoms with Gasteiger partial charge < -0.3 is 4.57 Å². The number of hydrogen-bond donors (Lipinski definition) is 1. The summed E-state index contributed by atoms with van der Waals surface area (Å²) in [6.07, 6.45) is 1.67. The van der Waals surface area contributed by atoms with E-state index in [0.29, 0.717) is 11.1 Å². The summed E-state index contributed by atoms with van der Waals surface area (Å²) in [5.41, 5.74) is 7.41. The number of aromatic nitrogens is 4. The van der Waals surface area contributed by atoms with Gasteiger partial charge in [-0.1, -0.05) is 41.9 Å². The van der Waals surface area contributed by atoms with Crippen molar-refractivity contribution in [1.82, 2.24) is 19.3 Å². The minimum atomic E-state index is 0.518. The monoisotopic (exact) mass is 364 g/mol. The number of hydrazone groups is 1. The Morgan fingerprint density at radius 3 is 2.58 bits per heavy atom. The van der Waals surface area contributed by atoms with Crippen molar-refractivity contribution in [2.45, 2.75) is 6.92 Å². The summed E-state index contributed by atoms with van der Waals surface area (Å²) in [5, 5.41) is 9.32. The molecule has 0 saturated carbocycles. The van der Waals surface area contributed by atoms with Crippen LogP contribution in [0.2, 0.25) is 5.15 Å². The Hall–Kier alpha value is -3.12. The van der Waals surface area contributed by atoms with E-state index < -0.39 is 0 Å². The first-order valence-electron chi connectivity index (χ1n) is 8.16. The second-order valence-electron chi connectivity index (χ2n) is 5.89. The molecule has 0 amide bonds. The van der Waals surface area contributed by atoms with Gasteiger partial charge >= 0.3 is 0 Å². The topological polar surface area (TPSA) is 60.0 Å². The highest BCUT2D eigenvalue weighted by molar-refractivity contribution is 6.32. The number of anilines is 1. The van der Waals surface area contributed by atoms with E-state index in [2.05, 4.69) is 20.6 Å². The molecule has 2 aromatic heterocycles. The normalized spacial score (nSPS) is 11.5. The molecule has 26 heavy (non-hydrogen) atoms. The number of imidazole rings is 1. The SMILES string of the molecule is Cc1nn(-c2ccccc2)c(Cl)c1/C=N/Nc1nc2ccccc2n1C. The summed E-state index contributed by atoms with van der Waals surface area (Å²) in [5.74, 6) is 0.659. The molecule has 0 aliphatic carbocycles. The lowest BCUT2D eigenvalue weighted by Crippen LogP contribution is -1.99. The van der Waals surface area contributed by atoms with E-state index in [4.69, 9.17) is 11.6 Å². The van der Waals surface area contributed by atoms with E-state index in [1.54, 1.807) is 10.9 Å². The molecular formula is C19H17ClN6. The van der Waals surface area contributed by atoms with E-state index >= 15 is 0 Å². The molecule has 130 valence electrons. The third-order valence-electron chi connectivity index (χ3n) is 4.19. The van der Waals surface area contributed by atoms with E-state index in [9.17, 15) is 0 Å². The largest absolute Gasteiger partial charge is 0.312 e. The van der Waals surface area contributed by atoms with Crippen molar-refractivity contribution >= 4 is 34.8 Å². The van der Waals surface area contributed by atoms with Crippen LogP contribution in [0.3, 0.4) is 0 Å². The van der Waals surface area contributed by atoms with Gasteiger partial charge in [0.15, 0.2) is 0 Å². The molecule has 0 aliphatic heterocycles. The fraction of sp³-hybridized carbons (Fsp3) is 0.105. The van der Waals surface area contributed by atoms with Gasteiger partial charge in [0.1, 0.15) is 5.15 Å². The summed E-state index contributed by atoms with van der Waals surface area (Å²) < 4.78 is 3.65. The quantitative estimate of drug-likeness (QED) is 0.437. The molecular weight excluding hydrogens is 348 g/mol. The molecule has 6 nitrogen and oxygen atoms in total. The number of nitrogens with one attached hydrogen (secondary N) is 1. The van der Waals surface area contributed by atoms with Crippen molar-refractivity contribution in [3.8, 4) is 5.69 Å². The van der Waals surface area contributed by atoms with Crippen LogP contribution in [0.1, 0.15) is 11.3 Å². The Bertz CT molecular complexity index is 1090. The highest BCUT2D eigenvalue weighted by Gasteiger charge is 2.13. The van der Waals surface area contributed by atoms with Gasteiger partial charge in [-0.05, 0) is 31.2 Å². The number of halogens is 1. The maximum atomic E-state index is 6.50. The van der Waals surface area contributed by atoms with E-state index in [-0.39, 0.29) is 0 Å². The molecule has 4 rings (SSSR count). The highest BCUT2D eigenvalue weighted by atomic mass is 35.5. The van der Waals surface area contributed by atoms with Gasteiger partial charge in [-0.15, -0.1) is 0 Å². The van der Waals surface area contributed by atoms with E-state index in [0.717, 1.165) is 28.0 Å². The van der Waals surface area contributed by atoms with Crippen molar-refractivity contribution in [3.63, 3.8) is 0 Å². The molecule has 7 heteroatoms. The molecule has 2 heterocycles. The van der Waals surface area contributed by atoms with E-state index in [1.807, 2.05) is 73.1 Å². The van der Waals surface area contributed by atoms with E-state index in [1.165, 1.54) is 0 Å². The molecule has 4 aromatic rings. The lowest BCUT2D eigenvalue weighted by Gasteiger charge is -2.02.